The fourth-order valence-electron chi connectivity index (χ4n) is 5.95. The molecule has 1 aliphatic rings. The average molecular weight is 628 g/mol. The van der Waals surface area contributed by atoms with Crippen LogP contribution in [-0.2, 0) is 14.3 Å². The molecular formula is C35H37N3O6S. The van der Waals surface area contributed by atoms with E-state index in [9.17, 15) is 14.4 Å². The number of carbonyl (C=O) groups is 2. The number of methoxy groups -OCH3 is 2. The molecule has 4 aromatic rings. The highest BCUT2D eigenvalue weighted by Crippen LogP contribution is 2.37. The average Bonchev–Trinajstić information content (AvgIpc) is 3.49. The van der Waals surface area contributed by atoms with Crippen LogP contribution in [0.4, 0.5) is 0 Å². The third-order valence-electron chi connectivity index (χ3n) is 8.03. The molecule has 0 amide bonds. The first-order valence-electron chi connectivity index (χ1n) is 14.9. The summed E-state index contributed by atoms with van der Waals surface area (Å²) in [6.07, 6.45) is 3.18. The summed E-state index contributed by atoms with van der Waals surface area (Å²) in [7, 11) is 2.94. The second-order valence-corrected chi connectivity index (χ2v) is 11.8. The highest BCUT2D eigenvalue weighted by molar-refractivity contribution is 7.07. The zero-order valence-electron chi connectivity index (χ0n) is 26.6. The van der Waals surface area contributed by atoms with Crippen LogP contribution in [0.15, 0.2) is 69.6 Å². The van der Waals surface area contributed by atoms with Gasteiger partial charge in [-0.15, -0.1) is 0 Å². The Morgan fingerprint density at radius 2 is 1.78 bits per heavy atom. The molecule has 0 unspecified atom stereocenters. The Morgan fingerprint density at radius 3 is 2.47 bits per heavy atom. The van der Waals surface area contributed by atoms with E-state index in [1.165, 1.54) is 18.4 Å². The molecule has 0 saturated heterocycles. The lowest BCUT2D eigenvalue weighted by Crippen LogP contribution is -2.40. The number of ether oxygens (including phenoxy) is 3. The highest BCUT2D eigenvalue weighted by atomic mass is 32.1. The molecule has 0 aliphatic carbocycles. The van der Waals surface area contributed by atoms with Crippen molar-refractivity contribution in [2.24, 2.45) is 4.99 Å². The summed E-state index contributed by atoms with van der Waals surface area (Å²) in [5.41, 5.74) is 6.22. The Labute approximate surface area is 265 Å². The monoisotopic (exact) mass is 627 g/mol. The van der Waals surface area contributed by atoms with Gasteiger partial charge in [-0.1, -0.05) is 48.9 Å². The third kappa shape index (κ3) is 5.66. The topological polar surface area (TPSA) is 101 Å². The van der Waals surface area contributed by atoms with Crippen molar-refractivity contribution in [3.63, 3.8) is 0 Å². The van der Waals surface area contributed by atoms with Gasteiger partial charge in [-0.2, -0.15) is 0 Å². The van der Waals surface area contributed by atoms with Crippen LogP contribution in [0.5, 0.6) is 5.75 Å². The van der Waals surface area contributed by atoms with Crippen molar-refractivity contribution >= 4 is 29.4 Å². The molecular weight excluding hydrogens is 590 g/mol. The predicted molar refractivity (Wildman–Crippen MR) is 174 cm³/mol. The van der Waals surface area contributed by atoms with Gasteiger partial charge in [-0.05, 0) is 75.6 Å². The van der Waals surface area contributed by atoms with Crippen LogP contribution in [0, 0.1) is 20.8 Å². The number of aryl methyl sites for hydroxylation is 1. The lowest BCUT2D eigenvalue weighted by molar-refractivity contribution is -0.139. The molecule has 45 heavy (non-hydrogen) atoms. The van der Waals surface area contributed by atoms with Crippen molar-refractivity contribution in [1.29, 1.82) is 0 Å². The van der Waals surface area contributed by atoms with E-state index in [0.717, 1.165) is 34.6 Å². The Kier molecular flexibility index (Phi) is 9.24. The van der Waals surface area contributed by atoms with Crippen molar-refractivity contribution in [3.8, 4) is 11.4 Å². The molecule has 1 atom stereocenters. The van der Waals surface area contributed by atoms with Crippen LogP contribution in [-0.4, -0.2) is 41.9 Å². The number of nitrogens with zero attached hydrogens (tertiary/aromatic N) is 3. The third-order valence-corrected chi connectivity index (χ3v) is 9.02. The van der Waals surface area contributed by atoms with Gasteiger partial charge in [-0.25, -0.2) is 14.6 Å². The molecule has 3 heterocycles. The van der Waals surface area contributed by atoms with E-state index in [1.54, 1.807) is 24.7 Å². The molecule has 234 valence electrons. The second-order valence-electron chi connectivity index (χ2n) is 10.8. The maximum atomic E-state index is 14.3. The minimum Gasteiger partial charge on any atom is -0.496 e. The molecule has 0 saturated carbocycles. The number of rotatable bonds is 9. The summed E-state index contributed by atoms with van der Waals surface area (Å²) >= 11 is 1.29. The van der Waals surface area contributed by atoms with Gasteiger partial charge < -0.3 is 18.8 Å². The van der Waals surface area contributed by atoms with Gasteiger partial charge in [0.2, 0.25) is 0 Å². The largest absolute Gasteiger partial charge is 0.496 e. The second kappa shape index (κ2) is 13.1. The first kappa shape index (κ1) is 31.7. The van der Waals surface area contributed by atoms with Crippen LogP contribution in [0.25, 0.3) is 11.8 Å². The number of carbonyl (C=O) groups excluding carboxylic acids is 2. The number of para-hydroxylation sites is 1. The molecule has 0 fully saturated rings. The van der Waals surface area contributed by atoms with Crippen LogP contribution >= 0.6 is 11.3 Å². The molecule has 0 radical (unpaired) electrons. The standard InChI is InChI=1S/C35H37N3O6S/c1-8-13-26-30(34(41)44-9-2)31(25-14-10-11-17-28(25)42-6)38-32(39)29(45-35(38)36-26)19-23-18-20(3)37(22(23)5)27-16-12-15-24(21(27)4)33(40)43-7/h10-12,14-19,31H,8-9,13H2,1-7H3/b29-19+/t31-/m0/s1. The summed E-state index contributed by atoms with van der Waals surface area (Å²) in [4.78, 5) is 45.5. The number of allylic oxidation sites excluding steroid dienone is 1. The number of benzene rings is 2. The van der Waals surface area contributed by atoms with Gasteiger partial charge in [0.05, 0.1) is 42.2 Å². The van der Waals surface area contributed by atoms with Gasteiger partial charge in [0, 0.05) is 22.6 Å². The number of aromatic nitrogens is 2. The molecule has 5 rings (SSSR count). The zero-order chi connectivity index (χ0) is 32.4. The summed E-state index contributed by atoms with van der Waals surface area (Å²) in [6, 6.07) is 14.2. The molecule has 0 N–H and O–H groups in total. The minimum atomic E-state index is -0.767. The van der Waals surface area contributed by atoms with Crippen LogP contribution in [0.1, 0.15) is 71.2 Å². The molecule has 1 aliphatic heterocycles. The minimum absolute atomic E-state index is 0.197. The maximum absolute atomic E-state index is 14.3. The fraction of sp³-hybridized carbons (Fsp3) is 0.314. The molecule has 10 heteroatoms. The van der Waals surface area contributed by atoms with Crippen LogP contribution < -0.4 is 19.6 Å². The van der Waals surface area contributed by atoms with Crippen LogP contribution in [0.3, 0.4) is 0 Å². The first-order chi connectivity index (χ1) is 21.7. The number of thiazole rings is 1. The quantitative estimate of drug-likeness (QED) is 0.240. The summed E-state index contributed by atoms with van der Waals surface area (Å²) < 4.78 is 20.3. The predicted octanol–water partition coefficient (Wildman–Crippen LogP) is 5.09. The Bertz CT molecular complexity index is 2010. The van der Waals surface area contributed by atoms with Crippen molar-refractivity contribution in [2.45, 2.75) is 53.5 Å². The Morgan fingerprint density at radius 1 is 1.02 bits per heavy atom. The van der Waals surface area contributed by atoms with E-state index < -0.39 is 18.0 Å². The van der Waals surface area contributed by atoms with Gasteiger partial charge in [-0.3, -0.25) is 9.36 Å². The Balaban J connectivity index is 1.73. The van der Waals surface area contributed by atoms with Crippen molar-refractivity contribution in [1.82, 2.24) is 9.13 Å². The normalized spacial score (nSPS) is 14.6. The molecule has 9 nitrogen and oxygen atoms in total. The molecule has 2 aromatic heterocycles. The fourth-order valence-corrected chi connectivity index (χ4v) is 6.96. The van der Waals surface area contributed by atoms with Gasteiger partial charge >= 0.3 is 11.9 Å². The van der Waals surface area contributed by atoms with Crippen molar-refractivity contribution in [2.75, 3.05) is 20.8 Å². The summed E-state index contributed by atoms with van der Waals surface area (Å²) in [6.45, 7) is 9.84. The number of hydrogen-bond acceptors (Lipinski definition) is 8. The Hall–Kier alpha value is -4.70. The smallest absolute Gasteiger partial charge is 0.338 e. The molecule has 2 aromatic carbocycles. The van der Waals surface area contributed by atoms with E-state index >= 15 is 0 Å². The van der Waals surface area contributed by atoms with Gasteiger partial charge in [0.25, 0.3) is 5.56 Å². The zero-order valence-corrected chi connectivity index (χ0v) is 27.4. The van der Waals surface area contributed by atoms with Crippen molar-refractivity contribution in [3.05, 3.63) is 113 Å². The highest BCUT2D eigenvalue weighted by Gasteiger charge is 2.36. The number of fused-ring (bicyclic) bond motifs is 1. The lowest BCUT2D eigenvalue weighted by atomic mass is 9.93. The van der Waals surface area contributed by atoms with E-state index in [1.807, 2.05) is 76.2 Å². The van der Waals surface area contributed by atoms with Gasteiger partial charge in [0.15, 0.2) is 4.80 Å². The van der Waals surface area contributed by atoms with E-state index in [4.69, 9.17) is 19.2 Å². The molecule has 0 bridgehead atoms. The van der Waals surface area contributed by atoms with Gasteiger partial charge in [0.1, 0.15) is 11.8 Å². The first-order valence-corrected chi connectivity index (χ1v) is 15.7. The van der Waals surface area contributed by atoms with E-state index in [0.29, 0.717) is 43.9 Å². The van der Waals surface area contributed by atoms with E-state index in [-0.39, 0.29) is 12.2 Å². The summed E-state index contributed by atoms with van der Waals surface area (Å²) in [5.74, 6) is -0.333. The molecule has 0 spiro atoms. The lowest BCUT2D eigenvalue weighted by Gasteiger charge is -2.26. The van der Waals surface area contributed by atoms with E-state index in [2.05, 4.69) is 4.57 Å². The number of hydrogen-bond donors (Lipinski definition) is 0. The summed E-state index contributed by atoms with van der Waals surface area (Å²) in [5, 5.41) is 0. The van der Waals surface area contributed by atoms with Crippen LogP contribution in [0.2, 0.25) is 0 Å². The number of esters is 2. The SMILES string of the molecule is CCCC1=C(C(=O)OCC)[C@H](c2ccccc2OC)n2c(s/c(=C/c3cc(C)n(-c4cccc(C(=O)OC)c4C)c3C)c2=O)=N1. The van der Waals surface area contributed by atoms with Crippen molar-refractivity contribution < 1.29 is 23.8 Å². The maximum Gasteiger partial charge on any atom is 0.338 e.